The van der Waals surface area contributed by atoms with Crippen molar-refractivity contribution in [2.24, 2.45) is 0 Å². The van der Waals surface area contributed by atoms with Crippen molar-refractivity contribution in [3.63, 3.8) is 0 Å². The van der Waals surface area contributed by atoms with Gasteiger partial charge in [0, 0.05) is 24.0 Å². The third-order valence-corrected chi connectivity index (χ3v) is 3.43. The molecular weight excluding hydrogens is 264 g/mol. The number of esters is 1. The van der Waals surface area contributed by atoms with Gasteiger partial charge in [-0.3, -0.25) is 14.9 Å². The Kier molecular flexibility index (Phi) is 2.74. The second-order valence-corrected chi connectivity index (χ2v) is 4.59. The quantitative estimate of drug-likeness (QED) is 0.493. The first-order valence-corrected chi connectivity index (χ1v) is 6.01. The fourth-order valence-electron chi connectivity index (χ4n) is 2.59. The third kappa shape index (κ3) is 1.83. The molecule has 0 spiro atoms. The zero-order valence-corrected chi connectivity index (χ0v) is 10.3. The lowest BCUT2D eigenvalue weighted by Gasteiger charge is -2.22. The number of para-hydroxylation sites is 1. The van der Waals surface area contributed by atoms with Crippen molar-refractivity contribution < 1.29 is 19.2 Å². The third-order valence-electron chi connectivity index (χ3n) is 3.43. The molecule has 102 valence electrons. The Bertz CT molecular complexity index is 664. The number of nitro groups is 1. The summed E-state index contributed by atoms with van der Waals surface area (Å²) in [6.45, 7) is 0.0110. The summed E-state index contributed by atoms with van der Waals surface area (Å²) < 4.78 is 4.90. The number of hydrogen-bond acceptors (Lipinski definition) is 5. The van der Waals surface area contributed by atoms with Gasteiger partial charge < -0.3 is 10.1 Å². The summed E-state index contributed by atoms with van der Waals surface area (Å²) in [4.78, 5) is 34.1. The van der Waals surface area contributed by atoms with Crippen molar-refractivity contribution in [1.29, 1.82) is 0 Å². The van der Waals surface area contributed by atoms with Crippen molar-refractivity contribution in [1.82, 2.24) is 5.32 Å². The predicted octanol–water partition coefficient (Wildman–Crippen LogP) is 1.01. The molecule has 7 nitrogen and oxygen atoms in total. The molecule has 1 aromatic carbocycles. The lowest BCUT2D eigenvalue weighted by molar-refractivity contribution is -0.385. The highest BCUT2D eigenvalue weighted by molar-refractivity contribution is 5.98. The monoisotopic (exact) mass is 274 g/mol. The fraction of sp³-hybridized carbons (Fsp3) is 0.231. The number of hydrogen-bond donors (Lipinski definition) is 1. The molecule has 0 saturated carbocycles. The molecule has 20 heavy (non-hydrogen) atoms. The molecule has 0 radical (unpaired) electrons. The first-order chi connectivity index (χ1) is 9.58. The van der Waals surface area contributed by atoms with Crippen LogP contribution in [-0.2, 0) is 14.3 Å². The van der Waals surface area contributed by atoms with Crippen LogP contribution in [-0.4, -0.2) is 23.4 Å². The number of nitro benzene ring substituents is 1. The lowest BCUT2D eigenvalue weighted by Crippen LogP contribution is -2.32. The average molecular weight is 274 g/mol. The second-order valence-electron chi connectivity index (χ2n) is 4.59. The molecule has 1 aromatic rings. The molecular formula is C13H10N2O5. The summed E-state index contributed by atoms with van der Waals surface area (Å²) in [5.74, 6) is -1.43. The Morgan fingerprint density at radius 2 is 2.05 bits per heavy atom. The Morgan fingerprint density at radius 1 is 1.30 bits per heavy atom. The van der Waals surface area contributed by atoms with Crippen molar-refractivity contribution in [3.8, 4) is 0 Å². The van der Waals surface area contributed by atoms with Crippen LogP contribution in [0.4, 0.5) is 5.69 Å². The highest BCUT2D eigenvalue weighted by Crippen LogP contribution is 2.39. The Balaban J connectivity index is 2.14. The SMILES string of the molecule is O=C1C[C@@H](c2ccccc2[N+](=O)[O-])C2=C(COC2=O)N1. The summed E-state index contributed by atoms with van der Waals surface area (Å²) in [6.07, 6.45) is -0.00120. The van der Waals surface area contributed by atoms with Gasteiger partial charge in [-0.2, -0.15) is 0 Å². The summed E-state index contributed by atoms with van der Waals surface area (Å²) >= 11 is 0. The van der Waals surface area contributed by atoms with E-state index in [1.165, 1.54) is 6.07 Å². The highest BCUT2D eigenvalue weighted by atomic mass is 16.6. The van der Waals surface area contributed by atoms with Gasteiger partial charge in [0.1, 0.15) is 6.61 Å². The van der Waals surface area contributed by atoms with E-state index < -0.39 is 16.8 Å². The van der Waals surface area contributed by atoms with Gasteiger partial charge in [-0.1, -0.05) is 18.2 Å². The maximum Gasteiger partial charge on any atom is 0.336 e. The van der Waals surface area contributed by atoms with Gasteiger partial charge in [0.15, 0.2) is 0 Å². The van der Waals surface area contributed by atoms with E-state index in [1.54, 1.807) is 18.2 Å². The number of nitrogens with one attached hydrogen (secondary N) is 1. The predicted molar refractivity (Wildman–Crippen MR) is 66.6 cm³/mol. The standard InChI is InChI=1S/C13H10N2O5/c16-11-5-8(12-9(14-11)6-20-13(12)17)7-3-1-2-4-10(7)15(18)19/h1-4,8H,5-6H2,(H,14,16)/t8-/m0/s1. The smallest absolute Gasteiger partial charge is 0.336 e. The minimum Gasteiger partial charge on any atom is -0.456 e. The lowest BCUT2D eigenvalue weighted by atomic mass is 9.84. The molecule has 0 aromatic heterocycles. The molecule has 2 aliphatic heterocycles. The maximum atomic E-state index is 11.8. The van der Waals surface area contributed by atoms with Gasteiger partial charge in [0.25, 0.3) is 5.69 Å². The number of rotatable bonds is 2. The van der Waals surface area contributed by atoms with E-state index in [-0.39, 0.29) is 24.6 Å². The van der Waals surface area contributed by atoms with Crippen LogP contribution < -0.4 is 5.32 Å². The second kappa shape index (κ2) is 4.44. The van der Waals surface area contributed by atoms with E-state index in [0.29, 0.717) is 16.8 Å². The van der Waals surface area contributed by atoms with Crippen molar-refractivity contribution in [3.05, 3.63) is 51.2 Å². The van der Waals surface area contributed by atoms with Crippen LogP contribution in [0.15, 0.2) is 35.5 Å². The largest absolute Gasteiger partial charge is 0.456 e. The van der Waals surface area contributed by atoms with E-state index in [4.69, 9.17) is 4.74 Å². The Labute approximate surface area is 113 Å². The Hall–Kier alpha value is -2.70. The molecule has 0 fully saturated rings. The Morgan fingerprint density at radius 3 is 2.80 bits per heavy atom. The average Bonchev–Trinajstić information content (AvgIpc) is 2.79. The van der Waals surface area contributed by atoms with Crippen LogP contribution in [0.1, 0.15) is 17.9 Å². The van der Waals surface area contributed by atoms with E-state index >= 15 is 0 Å². The van der Waals surface area contributed by atoms with Gasteiger partial charge in [0.2, 0.25) is 5.91 Å². The molecule has 1 N–H and O–H groups in total. The van der Waals surface area contributed by atoms with Crippen LogP contribution in [0.3, 0.4) is 0 Å². The first kappa shape index (κ1) is 12.3. The zero-order chi connectivity index (χ0) is 14.3. The van der Waals surface area contributed by atoms with Crippen molar-refractivity contribution in [2.75, 3.05) is 6.61 Å². The van der Waals surface area contributed by atoms with Crippen LogP contribution in [0.25, 0.3) is 0 Å². The van der Waals surface area contributed by atoms with Gasteiger partial charge in [-0.25, -0.2) is 4.79 Å². The number of amides is 1. The minimum absolute atomic E-state index is 0.00120. The molecule has 2 heterocycles. The molecule has 0 saturated heterocycles. The summed E-state index contributed by atoms with van der Waals surface area (Å²) in [7, 11) is 0. The normalized spacial score (nSPS) is 21.3. The van der Waals surface area contributed by atoms with Crippen molar-refractivity contribution in [2.45, 2.75) is 12.3 Å². The number of carbonyl (C=O) groups excluding carboxylic acids is 2. The molecule has 0 aliphatic carbocycles. The number of benzene rings is 1. The molecule has 1 amide bonds. The minimum atomic E-state index is -0.629. The molecule has 7 heteroatoms. The van der Waals surface area contributed by atoms with Crippen molar-refractivity contribution >= 4 is 17.6 Å². The van der Waals surface area contributed by atoms with Crippen LogP contribution in [0.5, 0.6) is 0 Å². The topological polar surface area (TPSA) is 98.5 Å². The van der Waals surface area contributed by atoms with Gasteiger partial charge in [-0.15, -0.1) is 0 Å². The number of carbonyl (C=O) groups is 2. The van der Waals surface area contributed by atoms with E-state index in [2.05, 4.69) is 5.32 Å². The van der Waals surface area contributed by atoms with Crippen LogP contribution in [0.2, 0.25) is 0 Å². The molecule has 0 unspecified atom stereocenters. The maximum absolute atomic E-state index is 11.8. The summed E-state index contributed by atoms with van der Waals surface area (Å²) in [5, 5.41) is 13.7. The summed E-state index contributed by atoms with van der Waals surface area (Å²) in [5.41, 5.74) is 0.991. The molecule has 1 atom stereocenters. The molecule has 2 aliphatic rings. The first-order valence-electron chi connectivity index (χ1n) is 6.01. The highest BCUT2D eigenvalue weighted by Gasteiger charge is 2.40. The van der Waals surface area contributed by atoms with Crippen LogP contribution >= 0.6 is 0 Å². The van der Waals surface area contributed by atoms with E-state index in [0.717, 1.165) is 0 Å². The van der Waals surface area contributed by atoms with E-state index in [1.807, 2.05) is 0 Å². The number of nitrogens with zero attached hydrogens (tertiary/aromatic N) is 1. The van der Waals surface area contributed by atoms with Gasteiger partial charge in [0.05, 0.1) is 16.2 Å². The van der Waals surface area contributed by atoms with Crippen LogP contribution in [0, 0.1) is 10.1 Å². The number of cyclic esters (lactones) is 1. The zero-order valence-electron chi connectivity index (χ0n) is 10.3. The molecule has 0 bridgehead atoms. The molecule has 3 rings (SSSR count). The van der Waals surface area contributed by atoms with Gasteiger partial charge in [-0.05, 0) is 0 Å². The summed E-state index contributed by atoms with van der Waals surface area (Å²) in [6, 6.07) is 6.13. The van der Waals surface area contributed by atoms with Gasteiger partial charge >= 0.3 is 5.97 Å². The number of ether oxygens (including phenoxy) is 1. The fourth-order valence-corrected chi connectivity index (χ4v) is 2.59. The van der Waals surface area contributed by atoms with E-state index in [9.17, 15) is 19.7 Å².